The molecular formula is C20H16F2N6. The van der Waals surface area contributed by atoms with E-state index in [1.54, 1.807) is 0 Å². The molecule has 0 saturated carbocycles. The highest BCUT2D eigenvalue weighted by atomic mass is 19.1. The van der Waals surface area contributed by atoms with Gasteiger partial charge in [-0.15, -0.1) is 0 Å². The number of nitrogens with two attached hydrogens (primary N) is 1. The van der Waals surface area contributed by atoms with Crippen LogP contribution in [0.1, 0.15) is 5.69 Å². The van der Waals surface area contributed by atoms with Crippen LogP contribution in [0.25, 0.3) is 10.9 Å². The molecule has 2 aromatic heterocycles. The fourth-order valence-electron chi connectivity index (χ4n) is 2.81. The molecule has 6 nitrogen and oxygen atoms in total. The number of anilines is 5. The van der Waals surface area contributed by atoms with E-state index >= 15 is 0 Å². The fraction of sp³-hybridized carbons (Fsp3) is 0.0500. The largest absolute Gasteiger partial charge is 0.393 e. The molecule has 4 rings (SSSR count). The van der Waals surface area contributed by atoms with Crippen LogP contribution in [0.2, 0.25) is 0 Å². The van der Waals surface area contributed by atoms with E-state index in [-0.39, 0.29) is 17.2 Å². The maximum absolute atomic E-state index is 13.9. The van der Waals surface area contributed by atoms with Crippen molar-refractivity contribution in [1.29, 1.82) is 0 Å². The lowest BCUT2D eigenvalue weighted by atomic mass is 10.1. The zero-order valence-corrected chi connectivity index (χ0v) is 14.9. The number of nitrogen functional groups attached to an aromatic ring is 1. The summed E-state index contributed by atoms with van der Waals surface area (Å²) in [4.78, 5) is 12.7. The first kappa shape index (κ1) is 17.6. The summed E-state index contributed by atoms with van der Waals surface area (Å²) in [7, 11) is 0. The number of rotatable bonds is 4. The second-order valence-electron chi connectivity index (χ2n) is 6.18. The van der Waals surface area contributed by atoms with Gasteiger partial charge in [0, 0.05) is 22.8 Å². The molecule has 0 radical (unpaired) electrons. The molecule has 4 N–H and O–H groups in total. The molecule has 2 aromatic carbocycles. The Bertz CT molecular complexity index is 1180. The van der Waals surface area contributed by atoms with Crippen molar-refractivity contribution in [3.8, 4) is 0 Å². The van der Waals surface area contributed by atoms with Crippen LogP contribution in [0.15, 0.2) is 54.9 Å². The zero-order valence-electron chi connectivity index (χ0n) is 14.9. The number of nitrogens with one attached hydrogen (secondary N) is 2. The molecule has 0 aliphatic heterocycles. The molecular weight excluding hydrogens is 362 g/mol. The number of aromatic nitrogens is 3. The van der Waals surface area contributed by atoms with Gasteiger partial charge in [-0.05, 0) is 43.3 Å². The van der Waals surface area contributed by atoms with Gasteiger partial charge in [0.25, 0.3) is 0 Å². The summed E-state index contributed by atoms with van der Waals surface area (Å²) in [5.74, 6) is -0.853. The molecule has 8 heteroatoms. The van der Waals surface area contributed by atoms with E-state index in [1.807, 2.05) is 37.3 Å². The van der Waals surface area contributed by atoms with Gasteiger partial charge in [0.15, 0.2) is 11.6 Å². The van der Waals surface area contributed by atoms with Gasteiger partial charge in [-0.1, -0.05) is 6.07 Å². The summed E-state index contributed by atoms with van der Waals surface area (Å²) in [5, 5.41) is 6.85. The number of aryl methyl sites for hydroxylation is 1. The maximum atomic E-state index is 13.9. The highest BCUT2D eigenvalue weighted by Gasteiger charge is 2.12. The van der Waals surface area contributed by atoms with Gasteiger partial charge < -0.3 is 16.4 Å². The van der Waals surface area contributed by atoms with Crippen LogP contribution < -0.4 is 16.4 Å². The Kier molecular flexibility index (Phi) is 4.44. The minimum absolute atomic E-state index is 0.0580. The molecule has 0 atom stereocenters. The summed E-state index contributed by atoms with van der Waals surface area (Å²) < 4.78 is 27.0. The predicted molar refractivity (Wildman–Crippen MR) is 106 cm³/mol. The minimum atomic E-state index is -0.747. The van der Waals surface area contributed by atoms with Gasteiger partial charge in [0.1, 0.15) is 23.6 Å². The van der Waals surface area contributed by atoms with Gasteiger partial charge in [0.05, 0.1) is 11.2 Å². The van der Waals surface area contributed by atoms with Crippen LogP contribution in [0.3, 0.4) is 0 Å². The van der Waals surface area contributed by atoms with Crippen molar-refractivity contribution in [1.82, 2.24) is 15.0 Å². The number of hydrogen-bond acceptors (Lipinski definition) is 6. The lowest BCUT2D eigenvalue weighted by molar-refractivity contribution is 0.586. The molecule has 0 spiro atoms. The second-order valence-corrected chi connectivity index (χ2v) is 6.18. The first-order valence-electron chi connectivity index (χ1n) is 8.47. The Hall–Kier alpha value is -3.81. The molecule has 4 aromatic rings. The van der Waals surface area contributed by atoms with Crippen molar-refractivity contribution in [2.24, 2.45) is 0 Å². The first-order chi connectivity index (χ1) is 13.5. The number of benzene rings is 2. The molecule has 0 bridgehead atoms. The third kappa shape index (κ3) is 3.39. The van der Waals surface area contributed by atoms with Crippen LogP contribution in [0.5, 0.6) is 0 Å². The Morgan fingerprint density at radius 2 is 1.64 bits per heavy atom. The second kappa shape index (κ2) is 7.07. The van der Waals surface area contributed by atoms with E-state index in [0.29, 0.717) is 5.82 Å². The quantitative estimate of drug-likeness (QED) is 0.478. The van der Waals surface area contributed by atoms with Crippen molar-refractivity contribution in [3.05, 3.63) is 72.2 Å². The molecule has 0 aliphatic carbocycles. The lowest BCUT2D eigenvalue weighted by Crippen LogP contribution is -2.06. The van der Waals surface area contributed by atoms with Crippen LogP contribution in [-0.4, -0.2) is 15.0 Å². The Balaban J connectivity index is 1.68. The summed E-state index contributed by atoms with van der Waals surface area (Å²) in [6, 6.07) is 12.8. The highest BCUT2D eigenvalue weighted by molar-refractivity contribution is 5.94. The topological polar surface area (TPSA) is 88.8 Å². The number of hydrogen-bond donors (Lipinski definition) is 3. The molecule has 0 saturated heterocycles. The number of halogens is 2. The zero-order chi connectivity index (χ0) is 19.7. The standard InChI is InChI=1S/C20H16F2N6/c1-11-5-7-13-15(26-11)3-2-4-16(13)27-19-18(23)20(25-10-24-19)28-17-8-6-12(21)9-14(17)22/h2-10H,23H2,1H3,(H2,24,25,27,28). The Labute approximate surface area is 159 Å². The molecule has 28 heavy (non-hydrogen) atoms. The van der Waals surface area contributed by atoms with Crippen molar-refractivity contribution >= 4 is 39.6 Å². The van der Waals surface area contributed by atoms with Gasteiger partial charge in [-0.2, -0.15) is 0 Å². The third-order valence-corrected chi connectivity index (χ3v) is 4.19. The molecule has 140 valence electrons. The smallest absolute Gasteiger partial charge is 0.159 e. The van der Waals surface area contributed by atoms with Crippen LogP contribution in [0.4, 0.5) is 37.5 Å². The van der Waals surface area contributed by atoms with E-state index in [4.69, 9.17) is 5.73 Å². The Morgan fingerprint density at radius 1 is 0.893 bits per heavy atom. The van der Waals surface area contributed by atoms with E-state index in [9.17, 15) is 8.78 Å². The van der Waals surface area contributed by atoms with Crippen LogP contribution in [0, 0.1) is 18.6 Å². The average Bonchev–Trinajstić information content (AvgIpc) is 2.67. The van der Waals surface area contributed by atoms with Crippen LogP contribution >= 0.6 is 0 Å². The van der Waals surface area contributed by atoms with Gasteiger partial charge >= 0.3 is 0 Å². The number of pyridine rings is 1. The number of nitrogens with zero attached hydrogens (tertiary/aromatic N) is 3. The van der Waals surface area contributed by atoms with Gasteiger partial charge in [0.2, 0.25) is 0 Å². The van der Waals surface area contributed by atoms with Crippen molar-refractivity contribution in [2.75, 3.05) is 16.4 Å². The van der Waals surface area contributed by atoms with Crippen molar-refractivity contribution in [3.63, 3.8) is 0 Å². The summed E-state index contributed by atoms with van der Waals surface area (Å²) in [5.41, 5.74) is 8.95. The van der Waals surface area contributed by atoms with E-state index < -0.39 is 11.6 Å². The average molecular weight is 378 g/mol. The first-order valence-corrected chi connectivity index (χ1v) is 8.47. The van der Waals surface area contributed by atoms with E-state index in [0.717, 1.165) is 34.4 Å². The van der Waals surface area contributed by atoms with Crippen molar-refractivity contribution in [2.45, 2.75) is 6.92 Å². The van der Waals surface area contributed by atoms with Gasteiger partial charge in [-0.25, -0.2) is 18.7 Å². The SMILES string of the molecule is Cc1ccc2c(Nc3ncnc(Nc4ccc(F)cc4F)c3N)cccc2n1. The molecule has 0 aliphatic rings. The Morgan fingerprint density at radius 3 is 2.39 bits per heavy atom. The molecule has 0 fully saturated rings. The lowest BCUT2D eigenvalue weighted by Gasteiger charge is -2.14. The molecule has 0 amide bonds. The number of fused-ring (bicyclic) bond motifs is 1. The molecule has 0 unspecified atom stereocenters. The predicted octanol–water partition coefficient (Wildman–Crippen LogP) is 4.68. The third-order valence-electron chi connectivity index (χ3n) is 4.19. The fourth-order valence-corrected chi connectivity index (χ4v) is 2.81. The van der Waals surface area contributed by atoms with Crippen molar-refractivity contribution < 1.29 is 8.78 Å². The minimum Gasteiger partial charge on any atom is -0.393 e. The summed E-state index contributed by atoms with van der Waals surface area (Å²) >= 11 is 0. The monoisotopic (exact) mass is 378 g/mol. The maximum Gasteiger partial charge on any atom is 0.159 e. The highest BCUT2D eigenvalue weighted by Crippen LogP contribution is 2.31. The van der Waals surface area contributed by atoms with E-state index in [2.05, 4.69) is 25.6 Å². The normalized spacial score (nSPS) is 10.8. The summed E-state index contributed by atoms with van der Waals surface area (Å²) in [6.07, 6.45) is 1.30. The molecule has 2 heterocycles. The summed E-state index contributed by atoms with van der Waals surface area (Å²) in [6.45, 7) is 1.93. The van der Waals surface area contributed by atoms with Gasteiger partial charge in [-0.3, -0.25) is 4.98 Å². The van der Waals surface area contributed by atoms with E-state index in [1.165, 1.54) is 12.4 Å². The van der Waals surface area contributed by atoms with Crippen LogP contribution in [-0.2, 0) is 0 Å².